The Morgan fingerprint density at radius 2 is 1.79 bits per heavy atom. The molecule has 1 atom stereocenters. The summed E-state index contributed by atoms with van der Waals surface area (Å²) in [5.74, 6) is 0.216. The lowest BCUT2D eigenvalue weighted by Gasteiger charge is -2.13. The van der Waals surface area contributed by atoms with Gasteiger partial charge in [0.2, 0.25) is 0 Å². The van der Waals surface area contributed by atoms with Gasteiger partial charge in [0.25, 0.3) is 0 Å². The Labute approximate surface area is 118 Å². The first-order valence-corrected chi connectivity index (χ1v) is 6.76. The molecular formula is C15H19ClN2O. The molecule has 0 aliphatic carbocycles. The average molecular weight is 279 g/mol. The van der Waals surface area contributed by atoms with Crippen molar-refractivity contribution in [3.8, 4) is 0 Å². The molecule has 0 fully saturated rings. The minimum atomic E-state index is -0.737. The molecule has 2 rings (SSSR count). The Morgan fingerprint density at radius 3 is 2.32 bits per heavy atom. The van der Waals surface area contributed by atoms with Crippen LogP contribution in [-0.4, -0.2) is 14.9 Å². The van der Waals surface area contributed by atoms with Crippen LogP contribution in [0.4, 0.5) is 0 Å². The Kier molecular flexibility index (Phi) is 3.97. The van der Waals surface area contributed by atoms with E-state index in [-0.39, 0.29) is 5.92 Å². The quantitative estimate of drug-likeness (QED) is 0.932. The molecule has 0 radical (unpaired) electrons. The zero-order valence-electron chi connectivity index (χ0n) is 11.7. The average Bonchev–Trinajstić information content (AvgIpc) is 2.66. The van der Waals surface area contributed by atoms with E-state index >= 15 is 0 Å². The first-order chi connectivity index (χ1) is 8.91. The van der Waals surface area contributed by atoms with E-state index in [0.29, 0.717) is 10.7 Å². The lowest BCUT2D eigenvalue weighted by molar-refractivity contribution is 0.219. The number of aromatic nitrogens is 2. The molecule has 4 heteroatoms. The van der Waals surface area contributed by atoms with Crippen molar-refractivity contribution < 1.29 is 5.11 Å². The largest absolute Gasteiger partial charge is 0.383 e. The molecule has 1 aromatic heterocycles. The van der Waals surface area contributed by atoms with Crippen LogP contribution in [0.5, 0.6) is 0 Å². The highest BCUT2D eigenvalue weighted by molar-refractivity contribution is 6.30. The highest BCUT2D eigenvalue weighted by Crippen LogP contribution is 2.34. The van der Waals surface area contributed by atoms with Crippen molar-refractivity contribution >= 4 is 11.6 Å². The minimum absolute atomic E-state index is 0.216. The topological polar surface area (TPSA) is 38.1 Å². The summed E-state index contributed by atoms with van der Waals surface area (Å²) in [5.41, 5.74) is 3.56. The molecular weight excluding hydrogens is 260 g/mol. The molecule has 19 heavy (non-hydrogen) atoms. The van der Waals surface area contributed by atoms with Gasteiger partial charge in [0.15, 0.2) is 0 Å². The fraction of sp³-hybridized carbons (Fsp3) is 0.400. The Balaban J connectivity index is 2.48. The molecule has 3 nitrogen and oxygen atoms in total. The Morgan fingerprint density at radius 1 is 1.21 bits per heavy atom. The van der Waals surface area contributed by atoms with E-state index < -0.39 is 6.10 Å². The highest BCUT2D eigenvalue weighted by atomic mass is 35.5. The Bertz CT molecular complexity index is 573. The second-order valence-corrected chi connectivity index (χ2v) is 5.54. The van der Waals surface area contributed by atoms with E-state index in [2.05, 4.69) is 5.10 Å². The van der Waals surface area contributed by atoms with Gasteiger partial charge in [-0.2, -0.15) is 5.10 Å². The van der Waals surface area contributed by atoms with Gasteiger partial charge in [0.05, 0.1) is 5.69 Å². The third kappa shape index (κ3) is 2.67. The van der Waals surface area contributed by atoms with Crippen LogP contribution in [0.25, 0.3) is 0 Å². The number of nitrogens with zero attached hydrogens (tertiary/aromatic N) is 2. The van der Waals surface area contributed by atoms with E-state index in [1.165, 1.54) is 0 Å². The van der Waals surface area contributed by atoms with E-state index in [1.807, 2.05) is 45.0 Å². The zero-order valence-corrected chi connectivity index (χ0v) is 12.4. The van der Waals surface area contributed by atoms with E-state index in [1.54, 1.807) is 11.7 Å². The van der Waals surface area contributed by atoms with Gasteiger partial charge in [-0.1, -0.05) is 55.3 Å². The maximum absolute atomic E-state index is 10.6. The molecule has 0 saturated heterocycles. The summed E-state index contributed by atoms with van der Waals surface area (Å²) in [7, 11) is 1.79. The summed E-state index contributed by atoms with van der Waals surface area (Å²) in [6.07, 6.45) is -0.737. The standard InChI is InChI=1S/C15H19ClN2O/c1-9(2)13-12(15(16)18(4)17-13)14(19)11-7-5-10(3)6-8-11/h5-9,14,19H,1-4H3. The normalized spacial score (nSPS) is 13.0. The second kappa shape index (κ2) is 5.35. The van der Waals surface area contributed by atoms with Crippen molar-refractivity contribution in [3.63, 3.8) is 0 Å². The molecule has 0 aliphatic rings. The molecule has 0 bridgehead atoms. The van der Waals surface area contributed by atoms with Crippen molar-refractivity contribution in [2.75, 3.05) is 0 Å². The monoisotopic (exact) mass is 278 g/mol. The molecule has 0 saturated carbocycles. The maximum atomic E-state index is 10.6. The van der Waals surface area contributed by atoms with Gasteiger partial charge in [0, 0.05) is 12.6 Å². The second-order valence-electron chi connectivity index (χ2n) is 5.18. The molecule has 0 aliphatic heterocycles. The molecule has 1 heterocycles. The van der Waals surface area contributed by atoms with Crippen molar-refractivity contribution in [2.45, 2.75) is 32.8 Å². The number of hydrogen-bond acceptors (Lipinski definition) is 2. The molecule has 0 spiro atoms. The number of rotatable bonds is 3. The predicted octanol–water partition coefficient (Wildman–Crippen LogP) is 3.59. The van der Waals surface area contributed by atoms with Crippen LogP contribution in [0, 0.1) is 6.92 Å². The van der Waals surface area contributed by atoms with Gasteiger partial charge < -0.3 is 5.11 Å². The number of aliphatic hydroxyl groups is 1. The number of hydrogen-bond donors (Lipinski definition) is 1. The summed E-state index contributed by atoms with van der Waals surface area (Å²) in [4.78, 5) is 0. The van der Waals surface area contributed by atoms with Gasteiger partial charge >= 0.3 is 0 Å². The SMILES string of the molecule is Cc1ccc(C(O)c2c(C(C)C)nn(C)c2Cl)cc1. The first kappa shape index (κ1) is 14.1. The van der Waals surface area contributed by atoms with Gasteiger partial charge in [-0.05, 0) is 18.4 Å². The van der Waals surface area contributed by atoms with Gasteiger partial charge in [0.1, 0.15) is 11.3 Å². The van der Waals surface area contributed by atoms with Gasteiger partial charge in [-0.3, -0.25) is 4.68 Å². The van der Waals surface area contributed by atoms with E-state index in [0.717, 1.165) is 16.8 Å². The predicted molar refractivity (Wildman–Crippen MR) is 77.5 cm³/mol. The lowest BCUT2D eigenvalue weighted by atomic mass is 9.97. The van der Waals surface area contributed by atoms with Gasteiger partial charge in [-0.15, -0.1) is 0 Å². The summed E-state index contributed by atoms with van der Waals surface area (Å²) in [5, 5.41) is 15.5. The van der Waals surface area contributed by atoms with Crippen LogP contribution >= 0.6 is 11.6 Å². The highest BCUT2D eigenvalue weighted by Gasteiger charge is 2.24. The van der Waals surface area contributed by atoms with Crippen LogP contribution in [0.3, 0.4) is 0 Å². The van der Waals surface area contributed by atoms with Crippen LogP contribution in [0.15, 0.2) is 24.3 Å². The van der Waals surface area contributed by atoms with Crippen molar-refractivity contribution in [2.24, 2.45) is 7.05 Å². The fourth-order valence-corrected chi connectivity index (χ4v) is 2.37. The van der Waals surface area contributed by atoms with Crippen LogP contribution in [0.2, 0.25) is 5.15 Å². The molecule has 102 valence electrons. The molecule has 1 N–H and O–H groups in total. The maximum Gasteiger partial charge on any atom is 0.133 e. The first-order valence-electron chi connectivity index (χ1n) is 6.38. The van der Waals surface area contributed by atoms with Crippen molar-refractivity contribution in [1.82, 2.24) is 9.78 Å². The smallest absolute Gasteiger partial charge is 0.133 e. The van der Waals surface area contributed by atoms with Crippen LogP contribution in [0.1, 0.15) is 48.3 Å². The summed E-state index contributed by atoms with van der Waals surface area (Å²) in [6.45, 7) is 6.11. The van der Waals surface area contributed by atoms with Crippen LogP contribution < -0.4 is 0 Å². The van der Waals surface area contributed by atoms with E-state index in [9.17, 15) is 5.11 Å². The summed E-state index contributed by atoms with van der Waals surface area (Å²) in [6, 6.07) is 7.82. The summed E-state index contributed by atoms with van der Waals surface area (Å²) < 4.78 is 1.61. The number of aryl methyl sites for hydroxylation is 2. The molecule has 1 unspecified atom stereocenters. The number of aliphatic hydroxyl groups excluding tert-OH is 1. The van der Waals surface area contributed by atoms with Crippen LogP contribution in [-0.2, 0) is 7.05 Å². The summed E-state index contributed by atoms with van der Waals surface area (Å²) >= 11 is 6.27. The zero-order chi connectivity index (χ0) is 14.2. The molecule has 2 aromatic rings. The van der Waals surface area contributed by atoms with Gasteiger partial charge in [-0.25, -0.2) is 0 Å². The molecule has 1 aromatic carbocycles. The third-order valence-corrected chi connectivity index (χ3v) is 3.70. The number of benzene rings is 1. The van der Waals surface area contributed by atoms with E-state index in [4.69, 9.17) is 11.6 Å². The fourth-order valence-electron chi connectivity index (χ4n) is 2.13. The lowest BCUT2D eigenvalue weighted by Crippen LogP contribution is -2.04. The molecule has 0 amide bonds. The number of halogens is 1. The van der Waals surface area contributed by atoms with Crippen molar-refractivity contribution in [1.29, 1.82) is 0 Å². The van der Waals surface area contributed by atoms with Crippen molar-refractivity contribution in [3.05, 3.63) is 51.8 Å². The third-order valence-electron chi connectivity index (χ3n) is 3.25. The minimum Gasteiger partial charge on any atom is -0.383 e. The Hall–Kier alpha value is -1.32.